The van der Waals surface area contributed by atoms with Crippen molar-refractivity contribution >= 4 is 23.6 Å². The van der Waals surface area contributed by atoms with Crippen LogP contribution in [0, 0.1) is 0 Å². The predicted molar refractivity (Wildman–Crippen MR) is 113 cm³/mol. The van der Waals surface area contributed by atoms with Crippen molar-refractivity contribution in [3.63, 3.8) is 0 Å². The standard InChI is InChI=1S/C21H17F3N4O5/c1-28(2)17-12(7-11(8-26-17)21(22,23)24)9-3-5-10(6-4-9)13-14(19(30)31)16(25)27-18(29)15(13)20(32)33/h3-8H,1-2H3,(H,30,31)(H,32,33)(H3,25,27,29). The Morgan fingerprint density at radius 1 is 1.03 bits per heavy atom. The minimum absolute atomic E-state index is 0.0256. The zero-order valence-corrected chi connectivity index (χ0v) is 17.2. The Morgan fingerprint density at radius 2 is 1.58 bits per heavy atom. The van der Waals surface area contributed by atoms with Crippen LogP contribution in [0.1, 0.15) is 26.3 Å². The maximum absolute atomic E-state index is 13.2. The molecule has 0 bridgehead atoms. The Kier molecular flexibility index (Phi) is 5.86. The summed E-state index contributed by atoms with van der Waals surface area (Å²) in [6.07, 6.45) is -3.91. The van der Waals surface area contributed by atoms with Crippen molar-refractivity contribution in [1.82, 2.24) is 9.97 Å². The number of rotatable bonds is 5. The van der Waals surface area contributed by atoms with E-state index < -0.39 is 51.7 Å². The molecule has 0 aliphatic rings. The number of H-pyrrole nitrogens is 1. The summed E-state index contributed by atoms with van der Waals surface area (Å²) < 4.78 is 39.6. The zero-order chi connectivity index (χ0) is 24.7. The summed E-state index contributed by atoms with van der Waals surface area (Å²) >= 11 is 0. The fourth-order valence-corrected chi connectivity index (χ4v) is 3.33. The first kappa shape index (κ1) is 23.3. The molecule has 172 valence electrons. The summed E-state index contributed by atoms with van der Waals surface area (Å²) in [6.45, 7) is 0. The Hall–Kier alpha value is -4.35. The Labute approximate surface area is 183 Å². The normalized spacial score (nSPS) is 11.3. The lowest BCUT2D eigenvalue weighted by Crippen LogP contribution is -2.24. The largest absolute Gasteiger partial charge is 0.478 e. The fraction of sp³-hybridized carbons (Fsp3) is 0.143. The number of carbonyl (C=O) groups is 2. The SMILES string of the molecule is CN(C)c1ncc(C(F)(F)F)cc1-c1ccc(-c2c(C(=O)O)c(N)[nH]c(=O)c2C(=O)O)cc1. The number of nitrogens with zero attached hydrogens (tertiary/aromatic N) is 2. The smallest absolute Gasteiger partial charge is 0.417 e. The minimum Gasteiger partial charge on any atom is -0.478 e. The average molecular weight is 462 g/mol. The van der Waals surface area contributed by atoms with Gasteiger partial charge in [0.2, 0.25) is 0 Å². The van der Waals surface area contributed by atoms with Crippen molar-refractivity contribution in [2.75, 3.05) is 24.7 Å². The number of nitrogen functional groups attached to an aromatic ring is 1. The number of aromatic amines is 1. The molecule has 0 atom stereocenters. The summed E-state index contributed by atoms with van der Waals surface area (Å²) in [7, 11) is 3.20. The second-order valence-corrected chi connectivity index (χ2v) is 7.17. The van der Waals surface area contributed by atoms with Gasteiger partial charge in [0.15, 0.2) is 0 Å². The van der Waals surface area contributed by atoms with Crippen LogP contribution in [-0.2, 0) is 6.18 Å². The maximum Gasteiger partial charge on any atom is 0.417 e. The van der Waals surface area contributed by atoms with Crippen molar-refractivity contribution in [2.24, 2.45) is 0 Å². The first-order valence-corrected chi connectivity index (χ1v) is 9.20. The third kappa shape index (κ3) is 4.35. The van der Waals surface area contributed by atoms with Gasteiger partial charge in [0.1, 0.15) is 22.8 Å². The van der Waals surface area contributed by atoms with Crippen LogP contribution in [0.5, 0.6) is 0 Å². The molecule has 0 spiro atoms. The topological polar surface area (TPSA) is 150 Å². The molecule has 33 heavy (non-hydrogen) atoms. The molecule has 0 saturated carbocycles. The van der Waals surface area contributed by atoms with E-state index in [0.29, 0.717) is 11.8 Å². The number of nitrogens with one attached hydrogen (secondary N) is 1. The Bertz CT molecular complexity index is 1320. The number of carboxylic acid groups (broad SMARTS) is 2. The first-order chi connectivity index (χ1) is 15.3. The van der Waals surface area contributed by atoms with Gasteiger partial charge >= 0.3 is 18.1 Å². The molecule has 0 aliphatic heterocycles. The fourth-order valence-electron chi connectivity index (χ4n) is 3.33. The van der Waals surface area contributed by atoms with Gasteiger partial charge in [0.25, 0.3) is 5.56 Å². The minimum atomic E-state index is -4.62. The highest BCUT2D eigenvalue weighted by molar-refractivity contribution is 6.07. The second-order valence-electron chi connectivity index (χ2n) is 7.17. The number of aromatic nitrogens is 2. The van der Waals surface area contributed by atoms with Crippen LogP contribution in [0.4, 0.5) is 24.8 Å². The van der Waals surface area contributed by atoms with Gasteiger partial charge in [-0.25, -0.2) is 14.6 Å². The molecule has 0 aliphatic carbocycles. The van der Waals surface area contributed by atoms with Gasteiger partial charge < -0.3 is 25.8 Å². The van der Waals surface area contributed by atoms with E-state index in [-0.39, 0.29) is 16.9 Å². The number of hydrogen-bond donors (Lipinski definition) is 4. The highest BCUT2D eigenvalue weighted by Gasteiger charge is 2.32. The van der Waals surface area contributed by atoms with Gasteiger partial charge in [0, 0.05) is 31.4 Å². The molecule has 3 rings (SSSR count). The third-order valence-corrected chi connectivity index (χ3v) is 4.77. The van der Waals surface area contributed by atoms with Crippen molar-refractivity contribution in [3.05, 3.63) is 63.6 Å². The van der Waals surface area contributed by atoms with E-state index >= 15 is 0 Å². The molecule has 2 heterocycles. The lowest BCUT2D eigenvalue weighted by atomic mass is 9.93. The number of anilines is 2. The molecule has 5 N–H and O–H groups in total. The average Bonchev–Trinajstić information content (AvgIpc) is 2.71. The van der Waals surface area contributed by atoms with Crippen LogP contribution >= 0.6 is 0 Å². The lowest BCUT2D eigenvalue weighted by Gasteiger charge is -2.18. The van der Waals surface area contributed by atoms with Crippen molar-refractivity contribution < 1.29 is 33.0 Å². The molecule has 0 radical (unpaired) electrons. The third-order valence-electron chi connectivity index (χ3n) is 4.77. The number of aromatic carboxylic acids is 2. The molecule has 2 aromatic heterocycles. The summed E-state index contributed by atoms with van der Waals surface area (Å²) in [5.41, 5.74) is 2.16. The molecule has 0 amide bonds. The molecular weight excluding hydrogens is 445 g/mol. The molecule has 1 aromatic carbocycles. The van der Waals surface area contributed by atoms with Crippen LogP contribution in [0.25, 0.3) is 22.3 Å². The van der Waals surface area contributed by atoms with Gasteiger partial charge in [-0.2, -0.15) is 13.2 Å². The Balaban J connectivity index is 2.25. The van der Waals surface area contributed by atoms with E-state index in [1.165, 1.54) is 29.2 Å². The molecule has 3 aromatic rings. The van der Waals surface area contributed by atoms with E-state index in [1.807, 2.05) is 4.98 Å². The van der Waals surface area contributed by atoms with Crippen LogP contribution in [0.15, 0.2) is 41.3 Å². The van der Waals surface area contributed by atoms with E-state index in [1.54, 1.807) is 14.1 Å². The van der Waals surface area contributed by atoms with E-state index in [0.717, 1.165) is 6.07 Å². The number of hydrogen-bond acceptors (Lipinski definition) is 6. The molecule has 0 fully saturated rings. The number of halogens is 3. The summed E-state index contributed by atoms with van der Waals surface area (Å²) in [6, 6.07) is 6.25. The summed E-state index contributed by atoms with van der Waals surface area (Å²) in [5.74, 6) is -3.53. The maximum atomic E-state index is 13.2. The van der Waals surface area contributed by atoms with Crippen LogP contribution in [-0.4, -0.2) is 46.2 Å². The first-order valence-electron chi connectivity index (χ1n) is 9.20. The van der Waals surface area contributed by atoms with Gasteiger partial charge in [0.05, 0.1) is 5.56 Å². The van der Waals surface area contributed by atoms with E-state index in [2.05, 4.69) is 4.98 Å². The molecule has 9 nitrogen and oxygen atoms in total. The van der Waals surface area contributed by atoms with E-state index in [9.17, 15) is 37.8 Å². The Morgan fingerprint density at radius 3 is 2.06 bits per heavy atom. The van der Waals surface area contributed by atoms with Crippen LogP contribution in [0.3, 0.4) is 0 Å². The molecule has 0 saturated heterocycles. The number of alkyl halides is 3. The summed E-state index contributed by atoms with van der Waals surface area (Å²) in [5, 5.41) is 19.0. The molecule has 12 heteroatoms. The number of carboxylic acids is 2. The highest BCUT2D eigenvalue weighted by atomic mass is 19.4. The number of nitrogens with two attached hydrogens (primary N) is 1. The zero-order valence-electron chi connectivity index (χ0n) is 17.2. The van der Waals surface area contributed by atoms with Gasteiger partial charge in [-0.1, -0.05) is 24.3 Å². The van der Waals surface area contributed by atoms with Crippen molar-refractivity contribution in [2.45, 2.75) is 6.18 Å². The molecular formula is C21H17F3N4O5. The molecule has 0 unspecified atom stereocenters. The van der Waals surface area contributed by atoms with Gasteiger partial charge in [-0.15, -0.1) is 0 Å². The second kappa shape index (κ2) is 8.30. The monoisotopic (exact) mass is 462 g/mol. The quantitative estimate of drug-likeness (QED) is 0.452. The summed E-state index contributed by atoms with van der Waals surface area (Å²) in [4.78, 5) is 43.0. The van der Waals surface area contributed by atoms with Crippen LogP contribution in [0.2, 0.25) is 0 Å². The van der Waals surface area contributed by atoms with Gasteiger partial charge in [-0.3, -0.25) is 4.79 Å². The van der Waals surface area contributed by atoms with Crippen molar-refractivity contribution in [1.29, 1.82) is 0 Å². The van der Waals surface area contributed by atoms with E-state index in [4.69, 9.17) is 5.73 Å². The number of pyridine rings is 2. The predicted octanol–water partition coefficient (Wildman–Crippen LogP) is 3.17. The van der Waals surface area contributed by atoms with Crippen LogP contribution < -0.4 is 16.2 Å². The highest BCUT2D eigenvalue weighted by Crippen LogP contribution is 2.37. The lowest BCUT2D eigenvalue weighted by molar-refractivity contribution is -0.137. The van der Waals surface area contributed by atoms with Gasteiger partial charge in [-0.05, 0) is 17.2 Å². The number of benzene rings is 1. The van der Waals surface area contributed by atoms with Crippen molar-refractivity contribution in [3.8, 4) is 22.3 Å².